The smallest absolute Gasteiger partial charge is 0.293 e. The first-order valence-corrected chi connectivity index (χ1v) is 9.03. The molecule has 7 nitrogen and oxygen atoms in total. The minimum atomic E-state index is -0.420. The number of nitrogens with zero attached hydrogens (tertiary/aromatic N) is 3. The van der Waals surface area contributed by atoms with Gasteiger partial charge in [-0.2, -0.15) is 14.9 Å². The van der Waals surface area contributed by atoms with Crippen LogP contribution in [0, 0.1) is 4.77 Å². The fourth-order valence-electron chi connectivity index (χ4n) is 2.20. The molecule has 2 aromatic carbocycles. The Balaban J connectivity index is 1.77. The normalized spacial score (nSPS) is 10.9. The zero-order chi connectivity index (χ0) is 19.2. The number of hydrogen-bond acceptors (Lipinski definition) is 6. The number of aromatic nitrogens is 3. The Bertz CT molecular complexity index is 1050. The van der Waals surface area contributed by atoms with Gasteiger partial charge in [0.2, 0.25) is 4.77 Å². The maximum atomic E-state index is 11.7. The molecule has 1 N–H and O–H groups in total. The molecule has 27 heavy (non-hydrogen) atoms. The predicted octanol–water partition coefficient (Wildman–Crippen LogP) is 3.53. The highest BCUT2D eigenvalue weighted by molar-refractivity contribution is 9.10. The van der Waals surface area contributed by atoms with Gasteiger partial charge in [0.1, 0.15) is 12.8 Å². The van der Waals surface area contributed by atoms with E-state index in [1.54, 1.807) is 19.2 Å². The molecule has 0 saturated carbocycles. The maximum absolute atomic E-state index is 11.7. The van der Waals surface area contributed by atoms with Gasteiger partial charge in [0.05, 0.1) is 13.3 Å². The third-order valence-electron chi connectivity index (χ3n) is 3.55. The molecule has 0 amide bonds. The summed E-state index contributed by atoms with van der Waals surface area (Å²) in [5.41, 5.74) is 1.34. The second-order valence-corrected chi connectivity index (χ2v) is 6.70. The Labute approximate surface area is 168 Å². The first-order valence-electron chi connectivity index (χ1n) is 7.83. The zero-order valence-corrected chi connectivity index (χ0v) is 16.7. The van der Waals surface area contributed by atoms with Crippen LogP contribution in [0.2, 0.25) is 0 Å². The van der Waals surface area contributed by atoms with E-state index in [1.165, 1.54) is 6.21 Å². The molecule has 9 heteroatoms. The third-order valence-corrected chi connectivity index (χ3v) is 4.35. The van der Waals surface area contributed by atoms with Crippen molar-refractivity contribution < 1.29 is 9.47 Å². The Morgan fingerprint density at radius 3 is 2.74 bits per heavy atom. The number of hydrogen-bond donors (Lipinski definition) is 1. The molecule has 0 aliphatic carbocycles. The molecular weight excluding hydrogens is 432 g/mol. The molecular formula is C18H15BrN4O3S. The molecule has 0 aliphatic rings. The van der Waals surface area contributed by atoms with E-state index in [9.17, 15) is 4.79 Å². The number of nitrogens with one attached hydrogen (secondary N) is 1. The summed E-state index contributed by atoms with van der Waals surface area (Å²) in [6.07, 6.45) is 2.61. The average molecular weight is 447 g/mol. The number of aromatic amines is 1. The highest BCUT2D eigenvalue weighted by Gasteiger charge is 2.06. The van der Waals surface area contributed by atoms with Crippen LogP contribution in [-0.2, 0) is 6.61 Å². The SMILES string of the molecule is COc1cc(/C=N\n2c(=O)cn[nH]c2=S)ccc1OCc1ccc(Br)cc1. The number of methoxy groups -OCH3 is 1. The van der Waals surface area contributed by atoms with Crippen molar-refractivity contribution >= 4 is 34.4 Å². The van der Waals surface area contributed by atoms with E-state index in [0.717, 1.165) is 26.5 Å². The Hall–Kier alpha value is -2.78. The molecule has 0 atom stereocenters. The summed E-state index contributed by atoms with van der Waals surface area (Å²) < 4.78 is 13.4. The second kappa shape index (κ2) is 8.74. The number of rotatable bonds is 6. The monoisotopic (exact) mass is 446 g/mol. The van der Waals surface area contributed by atoms with Crippen LogP contribution in [0.5, 0.6) is 11.5 Å². The highest BCUT2D eigenvalue weighted by Crippen LogP contribution is 2.28. The first kappa shape index (κ1) is 19.0. The summed E-state index contributed by atoms with van der Waals surface area (Å²) >= 11 is 8.40. The first-order chi connectivity index (χ1) is 13.1. The van der Waals surface area contributed by atoms with E-state index in [0.29, 0.717) is 18.1 Å². The lowest BCUT2D eigenvalue weighted by molar-refractivity contribution is 0.284. The van der Waals surface area contributed by atoms with Crippen LogP contribution in [-0.4, -0.2) is 28.2 Å². The van der Waals surface area contributed by atoms with Crippen molar-refractivity contribution in [2.24, 2.45) is 5.10 Å². The molecule has 1 heterocycles. The van der Waals surface area contributed by atoms with Crippen LogP contribution in [0.3, 0.4) is 0 Å². The van der Waals surface area contributed by atoms with E-state index in [1.807, 2.05) is 30.3 Å². The van der Waals surface area contributed by atoms with Crippen molar-refractivity contribution in [2.45, 2.75) is 6.61 Å². The number of benzene rings is 2. The largest absolute Gasteiger partial charge is 0.493 e. The van der Waals surface area contributed by atoms with Crippen LogP contribution in [0.1, 0.15) is 11.1 Å². The summed E-state index contributed by atoms with van der Waals surface area (Å²) in [6.45, 7) is 0.415. The molecule has 138 valence electrons. The topological polar surface area (TPSA) is 81.5 Å². The number of ether oxygens (including phenoxy) is 2. The molecule has 1 aromatic heterocycles. The molecule has 0 saturated heterocycles. The zero-order valence-electron chi connectivity index (χ0n) is 14.3. The van der Waals surface area contributed by atoms with Gasteiger partial charge in [0.15, 0.2) is 11.5 Å². The van der Waals surface area contributed by atoms with Crippen molar-refractivity contribution in [1.82, 2.24) is 14.9 Å². The van der Waals surface area contributed by atoms with Crippen molar-refractivity contribution in [3.8, 4) is 11.5 Å². The van der Waals surface area contributed by atoms with Gasteiger partial charge in [0.25, 0.3) is 5.56 Å². The van der Waals surface area contributed by atoms with Gasteiger partial charge in [-0.1, -0.05) is 28.1 Å². The van der Waals surface area contributed by atoms with E-state index in [-0.39, 0.29) is 4.77 Å². The van der Waals surface area contributed by atoms with Crippen LogP contribution in [0.25, 0.3) is 0 Å². The van der Waals surface area contributed by atoms with Crippen LogP contribution >= 0.6 is 28.1 Å². The predicted molar refractivity (Wildman–Crippen MR) is 108 cm³/mol. The van der Waals surface area contributed by atoms with Gasteiger partial charge in [0, 0.05) is 4.47 Å². The summed E-state index contributed by atoms with van der Waals surface area (Å²) in [5.74, 6) is 1.17. The lowest BCUT2D eigenvalue weighted by atomic mass is 10.2. The molecule has 3 rings (SSSR count). The van der Waals surface area contributed by atoms with Crippen molar-refractivity contribution in [2.75, 3.05) is 7.11 Å². The second-order valence-electron chi connectivity index (χ2n) is 5.40. The Morgan fingerprint density at radius 2 is 2.04 bits per heavy atom. The minimum Gasteiger partial charge on any atom is -0.493 e. The standard InChI is InChI=1S/C18H15BrN4O3S/c1-25-16-8-13(9-21-23-17(24)10-20-22-18(23)27)4-7-15(16)26-11-12-2-5-14(19)6-3-12/h2-10H,11H2,1H3,(H,22,27)/b21-9-. The minimum absolute atomic E-state index is 0.111. The molecule has 0 bridgehead atoms. The van der Waals surface area contributed by atoms with Crippen molar-refractivity contribution in [3.63, 3.8) is 0 Å². The Morgan fingerprint density at radius 1 is 1.26 bits per heavy atom. The molecule has 0 radical (unpaired) electrons. The summed E-state index contributed by atoms with van der Waals surface area (Å²) in [5, 5.41) is 10.2. The van der Waals surface area contributed by atoms with Gasteiger partial charge < -0.3 is 9.47 Å². The molecule has 0 spiro atoms. The summed E-state index contributed by atoms with van der Waals surface area (Å²) in [7, 11) is 1.56. The van der Waals surface area contributed by atoms with E-state index >= 15 is 0 Å². The van der Waals surface area contributed by atoms with Gasteiger partial charge in [-0.25, -0.2) is 0 Å². The van der Waals surface area contributed by atoms with Gasteiger partial charge in [-0.05, 0) is 53.7 Å². The van der Waals surface area contributed by atoms with Crippen LogP contribution in [0.15, 0.2) is 63.0 Å². The fourth-order valence-corrected chi connectivity index (χ4v) is 2.66. The molecule has 0 unspecified atom stereocenters. The molecule has 3 aromatic rings. The number of H-pyrrole nitrogens is 1. The van der Waals surface area contributed by atoms with E-state index in [2.05, 4.69) is 31.2 Å². The lowest BCUT2D eigenvalue weighted by Gasteiger charge is -2.11. The van der Waals surface area contributed by atoms with Gasteiger partial charge in [-0.3, -0.25) is 9.89 Å². The van der Waals surface area contributed by atoms with Crippen molar-refractivity contribution in [1.29, 1.82) is 0 Å². The summed E-state index contributed by atoms with van der Waals surface area (Å²) in [4.78, 5) is 11.7. The van der Waals surface area contributed by atoms with Crippen LogP contribution < -0.4 is 15.0 Å². The van der Waals surface area contributed by atoms with Gasteiger partial charge in [-0.15, -0.1) is 0 Å². The van der Waals surface area contributed by atoms with Crippen molar-refractivity contribution in [3.05, 3.63) is 79.4 Å². The van der Waals surface area contributed by atoms with Gasteiger partial charge >= 0.3 is 0 Å². The Kier molecular flexibility index (Phi) is 6.15. The maximum Gasteiger partial charge on any atom is 0.293 e. The lowest BCUT2D eigenvalue weighted by Crippen LogP contribution is -2.18. The highest BCUT2D eigenvalue weighted by atomic mass is 79.9. The summed E-state index contributed by atoms with van der Waals surface area (Å²) in [6, 6.07) is 13.2. The fraction of sp³-hybridized carbons (Fsp3) is 0.111. The van der Waals surface area contributed by atoms with E-state index < -0.39 is 5.56 Å². The molecule has 0 aliphatic heterocycles. The van der Waals surface area contributed by atoms with Crippen LogP contribution in [0.4, 0.5) is 0 Å². The molecule has 0 fully saturated rings. The average Bonchev–Trinajstić information content (AvgIpc) is 2.67. The van der Waals surface area contributed by atoms with E-state index in [4.69, 9.17) is 21.7 Å². The quantitative estimate of drug-likeness (QED) is 0.462. The number of halogens is 1. The third kappa shape index (κ3) is 4.89.